The lowest BCUT2D eigenvalue weighted by Crippen LogP contribution is -2.55. The summed E-state index contributed by atoms with van der Waals surface area (Å²) in [5.41, 5.74) is -0.751. The number of piperidine rings is 1. The molecule has 0 aromatic heterocycles. The van der Waals surface area contributed by atoms with Crippen molar-refractivity contribution in [3.63, 3.8) is 0 Å². The maximum absolute atomic E-state index is 12.4. The van der Waals surface area contributed by atoms with Crippen molar-refractivity contribution in [1.82, 2.24) is 9.80 Å². The van der Waals surface area contributed by atoms with Crippen LogP contribution in [0.15, 0.2) is 30.3 Å². The molecule has 0 saturated carbocycles. The number of likely N-dealkylation sites (tertiary alicyclic amines) is 2. The van der Waals surface area contributed by atoms with Crippen molar-refractivity contribution < 1.29 is 14.6 Å². The predicted octanol–water partition coefficient (Wildman–Crippen LogP) is 1.90. The quantitative estimate of drug-likeness (QED) is 0.864. The van der Waals surface area contributed by atoms with Gasteiger partial charge in [0.25, 0.3) is 0 Å². The smallest absolute Gasteiger partial charge is 0.226 e. The monoisotopic (exact) mass is 332 g/mol. The second-order valence-corrected chi connectivity index (χ2v) is 7.04. The summed E-state index contributed by atoms with van der Waals surface area (Å²) in [6.07, 6.45) is 4.45. The molecule has 1 aromatic rings. The Bertz CT molecular complexity index is 531. The summed E-state index contributed by atoms with van der Waals surface area (Å²) in [6.45, 7) is 4.41. The third kappa shape index (κ3) is 4.71. The molecule has 1 amide bonds. The summed E-state index contributed by atoms with van der Waals surface area (Å²) in [5, 5.41) is 10.9. The summed E-state index contributed by atoms with van der Waals surface area (Å²) < 4.78 is 5.61. The third-order valence-corrected chi connectivity index (χ3v) is 4.95. The Morgan fingerprint density at radius 3 is 2.62 bits per heavy atom. The fraction of sp³-hybridized carbons (Fsp3) is 0.632. The van der Waals surface area contributed by atoms with Crippen molar-refractivity contribution in [2.45, 2.75) is 37.7 Å². The zero-order valence-corrected chi connectivity index (χ0v) is 14.3. The van der Waals surface area contributed by atoms with Crippen molar-refractivity contribution in [2.75, 3.05) is 39.3 Å². The first-order valence-corrected chi connectivity index (χ1v) is 9.05. The highest BCUT2D eigenvalue weighted by atomic mass is 16.5. The van der Waals surface area contributed by atoms with Gasteiger partial charge < -0.3 is 19.6 Å². The topological polar surface area (TPSA) is 53.0 Å². The second-order valence-electron chi connectivity index (χ2n) is 7.04. The number of nitrogens with zero attached hydrogens (tertiary/aromatic N) is 2. The van der Waals surface area contributed by atoms with Gasteiger partial charge in [0.2, 0.25) is 5.91 Å². The highest BCUT2D eigenvalue weighted by Gasteiger charge is 2.37. The number of rotatable bonds is 6. The average molecular weight is 332 g/mol. The fourth-order valence-electron chi connectivity index (χ4n) is 3.74. The van der Waals surface area contributed by atoms with Crippen LogP contribution >= 0.6 is 0 Å². The summed E-state index contributed by atoms with van der Waals surface area (Å²) in [6, 6.07) is 9.55. The maximum atomic E-state index is 12.4. The molecule has 24 heavy (non-hydrogen) atoms. The molecular weight excluding hydrogens is 304 g/mol. The lowest BCUT2D eigenvalue weighted by molar-refractivity contribution is -0.139. The SMILES string of the molecule is O=C(CCOc1ccccc1)N1CCC[C@@](O)(CN2CCCC2)C1. The molecule has 0 unspecified atom stereocenters. The van der Waals surface area contributed by atoms with E-state index >= 15 is 0 Å². The minimum absolute atomic E-state index is 0.0745. The minimum Gasteiger partial charge on any atom is -0.493 e. The largest absolute Gasteiger partial charge is 0.493 e. The van der Waals surface area contributed by atoms with Crippen LogP contribution < -0.4 is 4.74 Å². The molecule has 2 heterocycles. The van der Waals surface area contributed by atoms with Crippen molar-refractivity contribution in [2.24, 2.45) is 0 Å². The van der Waals surface area contributed by atoms with Gasteiger partial charge in [0.05, 0.1) is 25.2 Å². The molecule has 5 nitrogen and oxygen atoms in total. The van der Waals surface area contributed by atoms with Gasteiger partial charge in [-0.2, -0.15) is 0 Å². The van der Waals surface area contributed by atoms with Crippen LogP contribution in [0.5, 0.6) is 5.75 Å². The standard InChI is InChI=1S/C19H28N2O3/c22-18(9-14-24-17-7-2-1-3-8-17)21-13-6-10-19(23,16-21)15-20-11-4-5-12-20/h1-3,7-8,23H,4-6,9-16H2/t19-/m1/s1. The first-order valence-electron chi connectivity index (χ1n) is 9.05. The number of para-hydroxylation sites is 1. The van der Waals surface area contributed by atoms with Gasteiger partial charge >= 0.3 is 0 Å². The fourth-order valence-corrected chi connectivity index (χ4v) is 3.74. The molecule has 132 valence electrons. The Morgan fingerprint density at radius 1 is 1.12 bits per heavy atom. The normalized spacial score (nSPS) is 25.0. The number of carbonyl (C=O) groups is 1. The molecule has 2 fully saturated rings. The minimum atomic E-state index is -0.751. The van der Waals surface area contributed by atoms with E-state index in [1.165, 1.54) is 12.8 Å². The predicted molar refractivity (Wildman–Crippen MR) is 93.0 cm³/mol. The van der Waals surface area contributed by atoms with Gasteiger partial charge in [-0.3, -0.25) is 4.79 Å². The Balaban J connectivity index is 1.45. The van der Waals surface area contributed by atoms with Gasteiger partial charge in [-0.25, -0.2) is 0 Å². The molecule has 1 N–H and O–H groups in total. The lowest BCUT2D eigenvalue weighted by atomic mass is 9.92. The molecule has 0 aliphatic carbocycles. The second kappa shape index (κ2) is 7.99. The molecule has 1 aromatic carbocycles. The molecule has 5 heteroatoms. The van der Waals surface area contributed by atoms with E-state index in [2.05, 4.69) is 4.90 Å². The Kier molecular flexibility index (Phi) is 5.74. The molecule has 1 atom stereocenters. The molecule has 2 aliphatic heterocycles. The Hall–Kier alpha value is -1.59. The van der Waals surface area contributed by atoms with Crippen LogP contribution in [-0.2, 0) is 4.79 Å². The van der Waals surface area contributed by atoms with Crippen LogP contribution in [-0.4, -0.2) is 65.7 Å². The highest BCUT2D eigenvalue weighted by Crippen LogP contribution is 2.24. The third-order valence-electron chi connectivity index (χ3n) is 4.95. The van der Waals surface area contributed by atoms with Crippen LogP contribution in [0.2, 0.25) is 0 Å². The number of hydrogen-bond donors (Lipinski definition) is 1. The number of ether oxygens (including phenoxy) is 1. The Labute approximate surface area is 144 Å². The summed E-state index contributed by atoms with van der Waals surface area (Å²) in [7, 11) is 0. The van der Waals surface area contributed by atoms with E-state index < -0.39 is 5.60 Å². The van der Waals surface area contributed by atoms with Crippen LogP contribution in [0.1, 0.15) is 32.1 Å². The molecule has 0 radical (unpaired) electrons. The van der Waals surface area contributed by atoms with E-state index in [1.54, 1.807) is 0 Å². The first-order chi connectivity index (χ1) is 11.6. The van der Waals surface area contributed by atoms with Gasteiger partial charge in [0, 0.05) is 13.1 Å². The van der Waals surface area contributed by atoms with E-state index in [0.29, 0.717) is 26.1 Å². The van der Waals surface area contributed by atoms with E-state index in [4.69, 9.17) is 4.74 Å². The summed E-state index contributed by atoms with van der Waals surface area (Å²) in [5.74, 6) is 0.861. The van der Waals surface area contributed by atoms with Crippen molar-refractivity contribution in [3.05, 3.63) is 30.3 Å². The van der Waals surface area contributed by atoms with Gasteiger partial charge in [-0.15, -0.1) is 0 Å². The summed E-state index contributed by atoms with van der Waals surface area (Å²) >= 11 is 0. The molecule has 0 bridgehead atoms. The van der Waals surface area contributed by atoms with Crippen molar-refractivity contribution >= 4 is 5.91 Å². The number of benzene rings is 1. The number of amides is 1. The maximum Gasteiger partial charge on any atom is 0.226 e. The molecule has 2 aliphatic rings. The summed E-state index contributed by atoms with van der Waals surface area (Å²) in [4.78, 5) is 16.6. The van der Waals surface area contributed by atoms with Crippen LogP contribution in [0.3, 0.4) is 0 Å². The number of β-amino-alcohol motifs (C(OH)–C–C–N with tert-alkyl or cyclic N) is 1. The molecular formula is C19H28N2O3. The van der Waals surface area contributed by atoms with Crippen LogP contribution in [0.25, 0.3) is 0 Å². The first kappa shape index (κ1) is 17.2. The van der Waals surface area contributed by atoms with Gasteiger partial charge in [0.15, 0.2) is 0 Å². The molecule has 2 saturated heterocycles. The molecule has 3 rings (SSSR count). The molecule has 0 spiro atoms. The zero-order valence-electron chi connectivity index (χ0n) is 14.3. The van der Waals surface area contributed by atoms with Crippen LogP contribution in [0, 0.1) is 0 Å². The number of carbonyl (C=O) groups excluding carboxylic acids is 1. The lowest BCUT2D eigenvalue weighted by Gasteiger charge is -2.41. The Morgan fingerprint density at radius 2 is 1.88 bits per heavy atom. The number of hydrogen-bond acceptors (Lipinski definition) is 4. The van der Waals surface area contributed by atoms with Gasteiger partial charge in [-0.1, -0.05) is 18.2 Å². The van der Waals surface area contributed by atoms with Gasteiger partial charge in [0.1, 0.15) is 5.75 Å². The van der Waals surface area contributed by atoms with Crippen molar-refractivity contribution in [3.8, 4) is 5.75 Å². The van der Waals surface area contributed by atoms with E-state index in [0.717, 1.165) is 38.2 Å². The van der Waals surface area contributed by atoms with Crippen molar-refractivity contribution in [1.29, 1.82) is 0 Å². The highest BCUT2D eigenvalue weighted by molar-refractivity contribution is 5.76. The van der Waals surface area contributed by atoms with E-state index in [9.17, 15) is 9.90 Å². The van der Waals surface area contributed by atoms with Gasteiger partial charge in [-0.05, 0) is 50.9 Å². The zero-order chi connectivity index (χ0) is 16.8. The van der Waals surface area contributed by atoms with E-state index in [1.807, 2.05) is 35.2 Å². The van der Waals surface area contributed by atoms with E-state index in [-0.39, 0.29) is 5.91 Å². The average Bonchev–Trinajstić information content (AvgIpc) is 3.08. The van der Waals surface area contributed by atoms with Crippen LogP contribution in [0.4, 0.5) is 0 Å². The number of aliphatic hydroxyl groups is 1.